The summed E-state index contributed by atoms with van der Waals surface area (Å²) < 4.78 is 5.31. The molecule has 0 unspecified atom stereocenters. The highest BCUT2D eigenvalue weighted by Crippen LogP contribution is 1.94. The number of ether oxygens (including phenoxy) is 1. The van der Waals surface area contributed by atoms with Gasteiger partial charge in [0, 0.05) is 26.2 Å². The van der Waals surface area contributed by atoms with Gasteiger partial charge in [-0.25, -0.2) is 0 Å². The first-order chi connectivity index (χ1) is 6.35. The van der Waals surface area contributed by atoms with Crippen molar-refractivity contribution in [3.63, 3.8) is 0 Å². The maximum atomic E-state index is 5.52. The van der Waals surface area contributed by atoms with Gasteiger partial charge in [-0.2, -0.15) is 0 Å². The fourth-order valence-electron chi connectivity index (χ4n) is 1.24. The summed E-state index contributed by atoms with van der Waals surface area (Å²) in [5.74, 6) is 0. The average molecular weight is 188 g/mol. The van der Waals surface area contributed by atoms with Crippen molar-refractivity contribution >= 4 is 0 Å². The molecule has 0 aliphatic carbocycles. The number of nitrogens with two attached hydrogens (primary N) is 1. The number of rotatable bonds is 9. The second-order valence-electron chi connectivity index (χ2n) is 3.18. The third kappa shape index (κ3) is 8.22. The average Bonchev–Trinajstić information content (AvgIpc) is 2.14. The molecule has 3 heteroatoms. The van der Waals surface area contributed by atoms with Crippen molar-refractivity contribution in [3.8, 4) is 0 Å². The van der Waals surface area contributed by atoms with Crippen LogP contribution in [0.1, 0.15) is 26.7 Å². The second kappa shape index (κ2) is 9.96. The number of unbranched alkanes of at least 4 members (excludes halogenated alkanes) is 1. The van der Waals surface area contributed by atoms with Gasteiger partial charge in [0.05, 0.1) is 6.61 Å². The van der Waals surface area contributed by atoms with E-state index in [-0.39, 0.29) is 0 Å². The monoisotopic (exact) mass is 188 g/mol. The third-order valence-corrected chi connectivity index (χ3v) is 2.03. The predicted octanol–water partition coefficient (Wildman–Crippen LogP) is 1.08. The zero-order chi connectivity index (χ0) is 9.94. The van der Waals surface area contributed by atoms with Gasteiger partial charge in [-0.1, -0.05) is 13.3 Å². The van der Waals surface area contributed by atoms with Crippen molar-refractivity contribution in [3.05, 3.63) is 0 Å². The quantitative estimate of drug-likeness (QED) is 0.550. The van der Waals surface area contributed by atoms with E-state index in [0.717, 1.165) is 39.4 Å². The fourth-order valence-corrected chi connectivity index (χ4v) is 1.24. The summed E-state index contributed by atoms with van der Waals surface area (Å²) in [6.45, 7) is 9.79. The maximum Gasteiger partial charge on any atom is 0.0593 e. The first-order valence-corrected chi connectivity index (χ1v) is 5.35. The Kier molecular flexibility index (Phi) is 9.87. The van der Waals surface area contributed by atoms with Gasteiger partial charge < -0.3 is 10.5 Å². The van der Waals surface area contributed by atoms with Crippen LogP contribution in [0.2, 0.25) is 0 Å². The Hall–Kier alpha value is -0.120. The Balaban J connectivity index is 3.41. The van der Waals surface area contributed by atoms with Crippen LogP contribution >= 0.6 is 0 Å². The van der Waals surface area contributed by atoms with Crippen molar-refractivity contribution in [2.24, 2.45) is 5.73 Å². The van der Waals surface area contributed by atoms with Crippen LogP contribution in [0.3, 0.4) is 0 Å². The molecule has 0 spiro atoms. The summed E-state index contributed by atoms with van der Waals surface area (Å²) in [4.78, 5) is 2.37. The Morgan fingerprint density at radius 2 is 1.92 bits per heavy atom. The summed E-state index contributed by atoms with van der Waals surface area (Å²) in [5.41, 5.74) is 5.52. The first-order valence-electron chi connectivity index (χ1n) is 5.35. The molecule has 0 fully saturated rings. The molecular formula is C10H24N2O. The minimum absolute atomic E-state index is 0.746. The van der Waals surface area contributed by atoms with E-state index in [1.54, 1.807) is 0 Å². The zero-order valence-corrected chi connectivity index (χ0v) is 9.09. The summed E-state index contributed by atoms with van der Waals surface area (Å²) in [7, 11) is 0. The molecule has 0 rings (SSSR count). The highest BCUT2D eigenvalue weighted by Gasteiger charge is 2.01. The van der Waals surface area contributed by atoms with Crippen LogP contribution in [0.5, 0.6) is 0 Å². The van der Waals surface area contributed by atoms with E-state index in [0.29, 0.717) is 0 Å². The second-order valence-corrected chi connectivity index (χ2v) is 3.18. The molecular weight excluding hydrogens is 164 g/mol. The van der Waals surface area contributed by atoms with E-state index >= 15 is 0 Å². The minimum Gasteiger partial charge on any atom is -0.380 e. The molecule has 0 aromatic carbocycles. The Labute approximate surface area is 82.2 Å². The van der Waals surface area contributed by atoms with E-state index < -0.39 is 0 Å². The smallest absolute Gasteiger partial charge is 0.0593 e. The normalized spacial score (nSPS) is 11.1. The Morgan fingerprint density at radius 1 is 1.15 bits per heavy atom. The lowest BCUT2D eigenvalue weighted by Gasteiger charge is -2.20. The lowest BCUT2D eigenvalue weighted by atomic mass is 10.3. The standard InChI is InChI=1S/C10H24N2O/c1-3-5-7-12(8-6-11)9-10-13-4-2/h3-11H2,1-2H3. The topological polar surface area (TPSA) is 38.5 Å². The van der Waals surface area contributed by atoms with Crippen LogP contribution in [-0.2, 0) is 4.74 Å². The number of nitrogens with zero attached hydrogens (tertiary/aromatic N) is 1. The van der Waals surface area contributed by atoms with Gasteiger partial charge >= 0.3 is 0 Å². The number of hydrogen-bond donors (Lipinski definition) is 1. The molecule has 0 aliphatic rings. The minimum atomic E-state index is 0.746. The lowest BCUT2D eigenvalue weighted by Crippen LogP contribution is -2.33. The summed E-state index contributed by atoms with van der Waals surface area (Å²) in [6, 6.07) is 0. The summed E-state index contributed by atoms with van der Waals surface area (Å²) >= 11 is 0. The van der Waals surface area contributed by atoms with Crippen molar-refractivity contribution in [1.29, 1.82) is 0 Å². The van der Waals surface area contributed by atoms with E-state index in [9.17, 15) is 0 Å². The molecule has 0 saturated carbocycles. The molecule has 3 nitrogen and oxygen atoms in total. The summed E-state index contributed by atoms with van der Waals surface area (Å²) in [6.07, 6.45) is 2.50. The molecule has 0 aromatic rings. The number of hydrogen-bond acceptors (Lipinski definition) is 3. The molecule has 0 radical (unpaired) electrons. The van der Waals surface area contributed by atoms with Gasteiger partial charge in [-0.3, -0.25) is 4.90 Å². The van der Waals surface area contributed by atoms with Gasteiger partial charge in [0.25, 0.3) is 0 Å². The maximum absolute atomic E-state index is 5.52. The largest absolute Gasteiger partial charge is 0.380 e. The highest BCUT2D eigenvalue weighted by atomic mass is 16.5. The molecule has 80 valence electrons. The van der Waals surface area contributed by atoms with Crippen LogP contribution in [0.4, 0.5) is 0 Å². The molecule has 0 heterocycles. The first kappa shape index (κ1) is 12.9. The zero-order valence-electron chi connectivity index (χ0n) is 9.09. The third-order valence-electron chi connectivity index (χ3n) is 2.03. The van der Waals surface area contributed by atoms with Gasteiger partial charge in [-0.15, -0.1) is 0 Å². The fraction of sp³-hybridized carbons (Fsp3) is 1.00. The van der Waals surface area contributed by atoms with E-state index in [1.807, 2.05) is 6.92 Å². The van der Waals surface area contributed by atoms with Crippen molar-refractivity contribution < 1.29 is 4.74 Å². The SMILES string of the molecule is CCCCN(CCN)CCOCC. The van der Waals surface area contributed by atoms with Gasteiger partial charge in [0.1, 0.15) is 0 Å². The Bertz CT molecular complexity index is 98.9. The molecule has 0 atom stereocenters. The van der Waals surface area contributed by atoms with Crippen LogP contribution < -0.4 is 5.73 Å². The van der Waals surface area contributed by atoms with E-state index in [1.165, 1.54) is 12.8 Å². The Morgan fingerprint density at radius 3 is 2.46 bits per heavy atom. The molecule has 2 N–H and O–H groups in total. The highest BCUT2D eigenvalue weighted by molar-refractivity contribution is 4.57. The van der Waals surface area contributed by atoms with Crippen LogP contribution in [0.25, 0.3) is 0 Å². The van der Waals surface area contributed by atoms with Crippen LogP contribution in [0.15, 0.2) is 0 Å². The van der Waals surface area contributed by atoms with Crippen molar-refractivity contribution in [2.45, 2.75) is 26.7 Å². The van der Waals surface area contributed by atoms with Crippen LogP contribution in [-0.4, -0.2) is 44.3 Å². The molecule has 0 bridgehead atoms. The van der Waals surface area contributed by atoms with E-state index in [2.05, 4.69) is 11.8 Å². The molecule has 0 amide bonds. The molecule has 0 saturated heterocycles. The van der Waals surface area contributed by atoms with Gasteiger partial charge in [-0.05, 0) is 19.9 Å². The van der Waals surface area contributed by atoms with E-state index in [4.69, 9.17) is 10.5 Å². The molecule has 13 heavy (non-hydrogen) atoms. The lowest BCUT2D eigenvalue weighted by molar-refractivity contribution is 0.114. The van der Waals surface area contributed by atoms with Gasteiger partial charge in [0.15, 0.2) is 0 Å². The summed E-state index contributed by atoms with van der Waals surface area (Å²) in [5, 5.41) is 0. The predicted molar refractivity (Wildman–Crippen MR) is 56.9 cm³/mol. The van der Waals surface area contributed by atoms with Gasteiger partial charge in [0.2, 0.25) is 0 Å². The van der Waals surface area contributed by atoms with Crippen molar-refractivity contribution in [1.82, 2.24) is 4.90 Å². The molecule has 0 aromatic heterocycles. The van der Waals surface area contributed by atoms with Crippen LogP contribution in [0, 0.1) is 0 Å². The molecule has 0 aliphatic heterocycles. The van der Waals surface area contributed by atoms with Crippen molar-refractivity contribution in [2.75, 3.05) is 39.4 Å².